The number of aromatic amines is 1. The lowest BCUT2D eigenvalue weighted by molar-refractivity contribution is -0.128. The van der Waals surface area contributed by atoms with E-state index < -0.39 is 5.41 Å². The maximum absolute atomic E-state index is 12.4. The summed E-state index contributed by atoms with van der Waals surface area (Å²) in [4.78, 5) is 33.3. The minimum Gasteiger partial charge on any atom is -0.370 e. The Morgan fingerprint density at radius 2 is 1.94 bits per heavy atom. The first-order valence-electron chi connectivity index (χ1n) is 11.7. The Kier molecular flexibility index (Phi) is 5.59. The van der Waals surface area contributed by atoms with Crippen LogP contribution < -0.4 is 20.0 Å². The van der Waals surface area contributed by atoms with Gasteiger partial charge >= 0.3 is 0 Å². The lowest BCUT2D eigenvalue weighted by Crippen LogP contribution is -2.39. The van der Waals surface area contributed by atoms with E-state index in [0.717, 1.165) is 67.7 Å². The first kappa shape index (κ1) is 21.9. The number of carbonyl (C=O) groups excluding carboxylic acids is 1. The van der Waals surface area contributed by atoms with Crippen molar-refractivity contribution in [1.29, 1.82) is 0 Å². The predicted molar refractivity (Wildman–Crippen MR) is 124 cm³/mol. The molecule has 3 aliphatic heterocycles. The molecular formula is C22H33N9O2. The Labute approximate surface area is 193 Å². The Balaban J connectivity index is 1.34. The van der Waals surface area contributed by atoms with Crippen molar-refractivity contribution in [2.75, 3.05) is 62.0 Å². The monoisotopic (exact) mass is 455 g/mol. The summed E-state index contributed by atoms with van der Waals surface area (Å²) in [6.45, 7) is 6.25. The average molecular weight is 456 g/mol. The van der Waals surface area contributed by atoms with E-state index in [1.54, 1.807) is 7.05 Å². The predicted octanol–water partition coefficient (Wildman–Crippen LogP) is 1.04. The number of amides is 1. The molecule has 2 fully saturated rings. The Hall–Kier alpha value is -2.95. The Morgan fingerprint density at radius 1 is 1.15 bits per heavy atom. The molecule has 1 atom stereocenters. The van der Waals surface area contributed by atoms with E-state index in [0.29, 0.717) is 31.6 Å². The van der Waals surface area contributed by atoms with Crippen LogP contribution >= 0.6 is 0 Å². The SMILES string of the molecule is CNC(=O)C1(C)CCN(c2nc3c(c(N4CCC(c5nc(N(C)C)n[nH]5)CC4)n2)COC3)C1. The van der Waals surface area contributed by atoms with Crippen molar-refractivity contribution in [3.05, 3.63) is 17.1 Å². The molecule has 5 rings (SSSR count). The summed E-state index contributed by atoms with van der Waals surface area (Å²) in [5.74, 6) is 3.79. The number of hydrogen-bond donors (Lipinski definition) is 2. The number of ether oxygens (including phenoxy) is 1. The molecule has 0 bridgehead atoms. The van der Waals surface area contributed by atoms with Gasteiger partial charge in [-0.2, -0.15) is 9.97 Å². The van der Waals surface area contributed by atoms with Crippen LogP contribution in [0.2, 0.25) is 0 Å². The van der Waals surface area contributed by atoms with Crippen molar-refractivity contribution < 1.29 is 9.53 Å². The quantitative estimate of drug-likeness (QED) is 0.682. The first-order chi connectivity index (χ1) is 15.9. The van der Waals surface area contributed by atoms with Crippen molar-refractivity contribution in [3.8, 4) is 0 Å². The second-order valence-corrected chi connectivity index (χ2v) is 9.75. The van der Waals surface area contributed by atoms with Gasteiger partial charge in [0.15, 0.2) is 0 Å². The number of H-pyrrole nitrogens is 1. The number of hydrogen-bond acceptors (Lipinski definition) is 9. The number of nitrogens with zero attached hydrogens (tertiary/aromatic N) is 7. The number of nitrogens with one attached hydrogen (secondary N) is 2. The highest BCUT2D eigenvalue weighted by molar-refractivity contribution is 5.83. The Morgan fingerprint density at radius 3 is 2.64 bits per heavy atom. The van der Waals surface area contributed by atoms with Gasteiger partial charge in [0.25, 0.3) is 0 Å². The molecule has 0 saturated carbocycles. The van der Waals surface area contributed by atoms with Gasteiger partial charge in [-0.15, -0.1) is 5.10 Å². The van der Waals surface area contributed by atoms with Crippen LogP contribution in [0.25, 0.3) is 0 Å². The van der Waals surface area contributed by atoms with Crippen LogP contribution in [-0.4, -0.2) is 78.4 Å². The van der Waals surface area contributed by atoms with Crippen LogP contribution in [0.3, 0.4) is 0 Å². The standard InChI is InChI=1S/C22H33N9O2/c1-22(19(32)23-2)7-10-31(13-22)20-24-16-12-33-11-15(16)18(26-20)30-8-5-14(6-9-30)17-25-21(28-27-17)29(3)4/h14H,5-13H2,1-4H3,(H,23,32)(H,25,27,28). The first-order valence-corrected chi connectivity index (χ1v) is 11.7. The van der Waals surface area contributed by atoms with E-state index in [4.69, 9.17) is 14.7 Å². The van der Waals surface area contributed by atoms with Gasteiger partial charge in [0, 0.05) is 58.8 Å². The fraction of sp³-hybridized carbons (Fsp3) is 0.682. The van der Waals surface area contributed by atoms with Crippen molar-refractivity contribution in [2.45, 2.75) is 45.3 Å². The summed E-state index contributed by atoms with van der Waals surface area (Å²) in [6, 6.07) is 0. The van der Waals surface area contributed by atoms with Crippen molar-refractivity contribution in [1.82, 2.24) is 30.5 Å². The number of rotatable bonds is 5. The topological polar surface area (TPSA) is 115 Å². The van der Waals surface area contributed by atoms with Crippen LogP contribution in [0.5, 0.6) is 0 Å². The number of piperidine rings is 1. The number of fused-ring (bicyclic) bond motifs is 1. The van der Waals surface area contributed by atoms with Gasteiger partial charge in [-0.05, 0) is 26.2 Å². The highest BCUT2D eigenvalue weighted by Gasteiger charge is 2.41. The lowest BCUT2D eigenvalue weighted by atomic mass is 9.89. The fourth-order valence-electron chi connectivity index (χ4n) is 5.06. The van der Waals surface area contributed by atoms with E-state index in [2.05, 4.69) is 30.3 Å². The molecule has 5 heterocycles. The van der Waals surface area contributed by atoms with E-state index in [1.165, 1.54) is 0 Å². The fourth-order valence-corrected chi connectivity index (χ4v) is 5.06. The third-order valence-electron chi connectivity index (χ3n) is 7.15. The highest BCUT2D eigenvalue weighted by Crippen LogP contribution is 2.37. The van der Waals surface area contributed by atoms with Crippen molar-refractivity contribution in [2.24, 2.45) is 5.41 Å². The summed E-state index contributed by atoms with van der Waals surface area (Å²) in [6.07, 6.45) is 2.75. The molecule has 1 unspecified atom stereocenters. The molecule has 11 heteroatoms. The van der Waals surface area contributed by atoms with E-state index in [-0.39, 0.29) is 5.91 Å². The summed E-state index contributed by atoms with van der Waals surface area (Å²) in [7, 11) is 5.59. The summed E-state index contributed by atoms with van der Waals surface area (Å²) in [5, 5.41) is 10.2. The van der Waals surface area contributed by atoms with Crippen LogP contribution in [0.4, 0.5) is 17.7 Å². The summed E-state index contributed by atoms with van der Waals surface area (Å²) >= 11 is 0. The van der Waals surface area contributed by atoms with Crippen molar-refractivity contribution in [3.63, 3.8) is 0 Å². The molecule has 0 spiro atoms. The van der Waals surface area contributed by atoms with E-state index in [1.807, 2.05) is 25.9 Å². The zero-order valence-corrected chi connectivity index (χ0v) is 19.9. The van der Waals surface area contributed by atoms with Crippen LogP contribution in [0, 0.1) is 5.41 Å². The van der Waals surface area contributed by atoms with E-state index >= 15 is 0 Å². The molecule has 2 saturated heterocycles. The molecule has 11 nitrogen and oxygen atoms in total. The molecule has 33 heavy (non-hydrogen) atoms. The molecule has 0 aromatic carbocycles. The molecule has 2 N–H and O–H groups in total. The normalized spacial score (nSPS) is 23.2. The van der Waals surface area contributed by atoms with Crippen LogP contribution in [0.1, 0.15) is 49.2 Å². The second kappa shape index (κ2) is 8.44. The zero-order chi connectivity index (χ0) is 23.2. The van der Waals surface area contributed by atoms with Gasteiger partial charge in [0.2, 0.25) is 17.8 Å². The Bertz CT molecular complexity index is 1030. The highest BCUT2D eigenvalue weighted by atomic mass is 16.5. The number of aromatic nitrogens is 5. The van der Waals surface area contributed by atoms with Crippen molar-refractivity contribution >= 4 is 23.6 Å². The lowest BCUT2D eigenvalue weighted by Gasteiger charge is -2.33. The largest absolute Gasteiger partial charge is 0.370 e. The molecular weight excluding hydrogens is 422 g/mol. The smallest absolute Gasteiger partial charge is 0.244 e. The van der Waals surface area contributed by atoms with Gasteiger partial charge in [0.05, 0.1) is 24.3 Å². The molecule has 2 aromatic rings. The van der Waals surface area contributed by atoms with Gasteiger partial charge in [-0.3, -0.25) is 9.89 Å². The number of anilines is 3. The maximum Gasteiger partial charge on any atom is 0.244 e. The minimum absolute atomic E-state index is 0.0710. The third-order valence-corrected chi connectivity index (χ3v) is 7.15. The average Bonchev–Trinajstić information content (AvgIpc) is 3.57. The minimum atomic E-state index is -0.422. The van der Waals surface area contributed by atoms with Gasteiger partial charge < -0.3 is 24.8 Å². The molecule has 3 aliphatic rings. The summed E-state index contributed by atoms with van der Waals surface area (Å²) < 4.78 is 5.74. The van der Waals surface area contributed by atoms with Gasteiger partial charge in [0.1, 0.15) is 11.6 Å². The van der Waals surface area contributed by atoms with E-state index in [9.17, 15) is 4.79 Å². The molecule has 178 valence electrons. The zero-order valence-electron chi connectivity index (χ0n) is 19.9. The van der Waals surface area contributed by atoms with Gasteiger partial charge in [-0.1, -0.05) is 0 Å². The summed E-state index contributed by atoms with van der Waals surface area (Å²) in [5.41, 5.74) is 1.64. The second-order valence-electron chi connectivity index (χ2n) is 9.75. The van der Waals surface area contributed by atoms with Crippen LogP contribution in [-0.2, 0) is 22.7 Å². The molecule has 2 aromatic heterocycles. The molecule has 0 radical (unpaired) electrons. The van der Waals surface area contributed by atoms with Crippen LogP contribution in [0.15, 0.2) is 0 Å². The molecule has 0 aliphatic carbocycles. The maximum atomic E-state index is 12.4. The van der Waals surface area contributed by atoms with Gasteiger partial charge in [-0.25, -0.2) is 4.98 Å². The number of carbonyl (C=O) groups is 1. The molecule has 1 amide bonds. The third kappa shape index (κ3) is 3.98.